The fourth-order valence-electron chi connectivity index (χ4n) is 6.90. The second kappa shape index (κ2) is 4.65. The molecule has 26 heavy (non-hydrogen) atoms. The van der Waals surface area contributed by atoms with Crippen molar-refractivity contribution in [3.63, 3.8) is 0 Å². The summed E-state index contributed by atoms with van der Waals surface area (Å²) in [6.45, 7) is 3.51. The van der Waals surface area contributed by atoms with Crippen LogP contribution < -0.4 is 0 Å². The third-order valence-electron chi connectivity index (χ3n) is 7.53. The first-order chi connectivity index (χ1) is 12.6. The van der Waals surface area contributed by atoms with Gasteiger partial charge >= 0.3 is 5.97 Å². The van der Waals surface area contributed by atoms with E-state index in [1.54, 1.807) is 0 Å². The molecule has 6 aliphatic rings. The summed E-state index contributed by atoms with van der Waals surface area (Å²) < 4.78 is 6.04. The van der Waals surface area contributed by atoms with Gasteiger partial charge in [-0.1, -0.05) is 24.3 Å². The fourth-order valence-corrected chi connectivity index (χ4v) is 6.90. The van der Waals surface area contributed by atoms with Gasteiger partial charge in [0.25, 0.3) is 0 Å². The average molecular weight is 350 g/mol. The van der Waals surface area contributed by atoms with E-state index >= 15 is 0 Å². The van der Waals surface area contributed by atoms with Crippen molar-refractivity contribution in [3.05, 3.63) is 41.5 Å². The summed E-state index contributed by atoms with van der Waals surface area (Å²) in [5.41, 5.74) is 4.10. The summed E-state index contributed by atoms with van der Waals surface area (Å²) >= 11 is 0. The summed E-state index contributed by atoms with van der Waals surface area (Å²) in [6, 6.07) is 8.67. The molecule has 5 fully saturated rings. The monoisotopic (exact) mass is 350 g/mol. The van der Waals surface area contributed by atoms with Gasteiger partial charge in [-0.15, -0.1) is 0 Å². The number of benzene rings is 1. The van der Waals surface area contributed by atoms with Crippen molar-refractivity contribution < 1.29 is 14.6 Å². The van der Waals surface area contributed by atoms with Crippen molar-refractivity contribution in [2.24, 2.45) is 16.8 Å². The molecular weight excluding hydrogens is 328 g/mol. The molecule has 2 unspecified atom stereocenters. The van der Waals surface area contributed by atoms with Crippen LogP contribution in [0.1, 0.15) is 32.3 Å². The van der Waals surface area contributed by atoms with Crippen LogP contribution in [-0.2, 0) is 14.9 Å². The predicted octanol–water partition coefficient (Wildman–Crippen LogP) is 2.31. The van der Waals surface area contributed by atoms with E-state index in [0.717, 1.165) is 29.8 Å². The Bertz CT molecular complexity index is 906. The van der Waals surface area contributed by atoms with Gasteiger partial charge in [-0.05, 0) is 42.9 Å². The lowest BCUT2D eigenvalue weighted by molar-refractivity contribution is -0.156. The van der Waals surface area contributed by atoms with Crippen LogP contribution in [0.5, 0.6) is 0 Å². The molecule has 0 amide bonds. The third-order valence-corrected chi connectivity index (χ3v) is 7.53. The van der Waals surface area contributed by atoms with Crippen molar-refractivity contribution in [1.29, 1.82) is 0 Å². The fraction of sp³-hybridized carbons (Fsp3) is 0.524. The Hall–Kier alpha value is -1.98. The van der Waals surface area contributed by atoms with Crippen molar-refractivity contribution >= 4 is 17.4 Å². The van der Waals surface area contributed by atoms with E-state index in [-0.39, 0.29) is 41.4 Å². The highest BCUT2D eigenvalue weighted by Gasteiger charge is 2.74. The number of aliphatic hydroxyl groups is 1. The molecule has 134 valence electrons. The number of piperidine rings is 4. The highest BCUT2D eigenvalue weighted by Crippen LogP contribution is 2.67. The first kappa shape index (κ1) is 15.1. The summed E-state index contributed by atoms with van der Waals surface area (Å²) in [7, 11) is 0. The topological polar surface area (TPSA) is 62.1 Å². The number of ether oxygens (including phenoxy) is 1. The quantitative estimate of drug-likeness (QED) is 0.624. The maximum absolute atomic E-state index is 12.0. The van der Waals surface area contributed by atoms with Gasteiger partial charge in [0.05, 0.1) is 22.9 Å². The van der Waals surface area contributed by atoms with Gasteiger partial charge in [0.15, 0.2) is 0 Å². The van der Waals surface area contributed by atoms with Crippen LogP contribution in [0.2, 0.25) is 0 Å². The lowest BCUT2D eigenvalue weighted by Gasteiger charge is -2.58. The number of aliphatic hydroxyl groups excluding tert-OH is 1. The lowest BCUT2D eigenvalue weighted by Crippen LogP contribution is -2.68. The van der Waals surface area contributed by atoms with E-state index in [4.69, 9.17) is 9.73 Å². The van der Waals surface area contributed by atoms with Crippen molar-refractivity contribution in [3.8, 4) is 0 Å². The molecule has 0 radical (unpaired) electrons. The smallest absolute Gasteiger partial charge is 0.302 e. The van der Waals surface area contributed by atoms with E-state index < -0.39 is 6.23 Å². The second-order valence-electron chi connectivity index (χ2n) is 8.33. The minimum Gasteiger partial charge on any atom is -0.461 e. The van der Waals surface area contributed by atoms with Gasteiger partial charge in [0, 0.05) is 18.9 Å². The minimum absolute atomic E-state index is 0.140. The molecule has 7 rings (SSSR count). The van der Waals surface area contributed by atoms with Gasteiger partial charge in [-0.3, -0.25) is 14.7 Å². The van der Waals surface area contributed by atoms with Gasteiger partial charge in [0.2, 0.25) is 0 Å². The standard InChI is InChI=1S/C21H22N2O3/c1-3-11-12-8-15-18-21(13-6-4-5-7-14(13)22-18)9-16(23(15)20(11)25)17(12)19(21)26-10(2)24/h3-7,12,15-17,19-20,25H,8-9H2,1-2H3/b11-3+/t12-,15-,16-,17-,19?,20+,21+/m0/s1. The van der Waals surface area contributed by atoms with Crippen LogP contribution >= 0.6 is 0 Å². The van der Waals surface area contributed by atoms with Crippen LogP contribution in [0.4, 0.5) is 5.69 Å². The number of allylic oxidation sites excluding steroid dienone is 1. The first-order valence-electron chi connectivity index (χ1n) is 9.55. The van der Waals surface area contributed by atoms with Crippen LogP contribution in [0.15, 0.2) is 40.9 Å². The molecule has 5 heteroatoms. The van der Waals surface area contributed by atoms with E-state index in [2.05, 4.69) is 29.2 Å². The van der Waals surface area contributed by atoms with Crippen LogP contribution in [0.25, 0.3) is 0 Å². The van der Waals surface area contributed by atoms with E-state index in [1.165, 1.54) is 12.5 Å². The zero-order valence-corrected chi connectivity index (χ0v) is 14.9. The zero-order valence-electron chi connectivity index (χ0n) is 14.9. The Balaban J connectivity index is 1.62. The summed E-state index contributed by atoms with van der Waals surface area (Å²) in [5.74, 6) is 0.264. The molecule has 5 aliphatic heterocycles. The molecule has 5 nitrogen and oxygen atoms in total. The number of nitrogens with zero attached hydrogens (tertiary/aromatic N) is 2. The van der Waals surface area contributed by atoms with Crippen molar-refractivity contribution in [2.75, 3.05) is 0 Å². The predicted molar refractivity (Wildman–Crippen MR) is 96.2 cm³/mol. The van der Waals surface area contributed by atoms with Gasteiger partial charge in [-0.25, -0.2) is 0 Å². The molecule has 8 atom stereocenters. The number of aliphatic imine (C=N–C) groups is 1. The highest BCUT2D eigenvalue weighted by atomic mass is 16.5. The molecule has 1 saturated carbocycles. The zero-order chi connectivity index (χ0) is 17.8. The molecule has 5 bridgehead atoms. The van der Waals surface area contributed by atoms with E-state index in [9.17, 15) is 9.90 Å². The average Bonchev–Trinajstić information content (AvgIpc) is 3.08. The normalized spacial score (nSPS) is 47.7. The molecule has 1 N–H and O–H groups in total. The number of para-hydroxylation sites is 1. The Labute approximate surface area is 152 Å². The molecule has 0 aromatic heterocycles. The molecule has 1 aliphatic carbocycles. The van der Waals surface area contributed by atoms with Crippen LogP contribution in [0, 0.1) is 11.8 Å². The summed E-state index contributed by atoms with van der Waals surface area (Å²) in [4.78, 5) is 19.3. The lowest BCUT2D eigenvalue weighted by atomic mass is 9.66. The molecular formula is C21H22N2O3. The van der Waals surface area contributed by atoms with Crippen LogP contribution in [-0.4, -0.2) is 46.1 Å². The number of carbonyl (C=O) groups is 1. The minimum atomic E-state index is -0.537. The number of fused-ring (bicyclic) bond motifs is 2. The molecule has 4 saturated heterocycles. The van der Waals surface area contributed by atoms with E-state index in [0.29, 0.717) is 0 Å². The van der Waals surface area contributed by atoms with Crippen molar-refractivity contribution in [2.45, 2.75) is 56.5 Å². The summed E-state index contributed by atoms with van der Waals surface area (Å²) in [6.07, 6.45) is 3.17. The van der Waals surface area contributed by atoms with Gasteiger partial charge in [-0.2, -0.15) is 0 Å². The maximum Gasteiger partial charge on any atom is 0.302 e. The number of esters is 1. The highest BCUT2D eigenvalue weighted by molar-refractivity contribution is 6.08. The third kappa shape index (κ3) is 1.45. The first-order valence-corrected chi connectivity index (χ1v) is 9.55. The van der Waals surface area contributed by atoms with Crippen LogP contribution in [0.3, 0.4) is 0 Å². The van der Waals surface area contributed by atoms with Gasteiger partial charge in [0.1, 0.15) is 12.3 Å². The second-order valence-corrected chi connectivity index (χ2v) is 8.33. The number of rotatable bonds is 1. The van der Waals surface area contributed by atoms with Gasteiger partial charge < -0.3 is 9.84 Å². The molecule has 1 aromatic carbocycles. The Kier molecular flexibility index (Phi) is 2.70. The number of carbonyl (C=O) groups excluding carboxylic acids is 1. The molecule has 5 heterocycles. The Morgan fingerprint density at radius 3 is 3.00 bits per heavy atom. The Morgan fingerprint density at radius 2 is 2.23 bits per heavy atom. The summed E-state index contributed by atoms with van der Waals surface area (Å²) in [5, 5.41) is 11.0. The largest absolute Gasteiger partial charge is 0.461 e. The Morgan fingerprint density at radius 1 is 1.42 bits per heavy atom. The van der Waals surface area contributed by atoms with Crippen molar-refractivity contribution in [1.82, 2.24) is 4.90 Å². The molecule has 1 spiro atoms. The van der Waals surface area contributed by atoms with E-state index in [1.807, 2.05) is 13.0 Å². The molecule has 1 aromatic rings. The number of hydrogen-bond donors (Lipinski definition) is 1. The SMILES string of the molecule is C/C=C1/[C@@H](O)N2[C@H]3C[C@@H]1[C@@H]1C(OC(C)=O)[C@@]4(C[C@@H]12)C3=Nc1ccccc14. The number of hydrogen-bond acceptors (Lipinski definition) is 5. The maximum atomic E-state index is 12.0.